The van der Waals surface area contributed by atoms with Gasteiger partial charge in [0.1, 0.15) is 0 Å². The second-order valence-electron chi connectivity index (χ2n) is 6.30. The summed E-state index contributed by atoms with van der Waals surface area (Å²) in [5, 5.41) is 13.1. The number of aliphatic hydroxyl groups is 1. The number of hydrogen-bond acceptors (Lipinski definition) is 3. The van der Waals surface area contributed by atoms with Crippen LogP contribution in [0.2, 0.25) is 0 Å². The van der Waals surface area contributed by atoms with Gasteiger partial charge in [-0.25, -0.2) is 0 Å². The molecule has 0 spiro atoms. The van der Waals surface area contributed by atoms with Crippen molar-refractivity contribution in [3.63, 3.8) is 0 Å². The Morgan fingerprint density at radius 2 is 1.86 bits per heavy atom. The maximum absolute atomic E-state index is 12.5. The molecule has 1 heterocycles. The van der Waals surface area contributed by atoms with Crippen molar-refractivity contribution in [3.8, 4) is 0 Å². The molecule has 1 unspecified atom stereocenters. The van der Waals surface area contributed by atoms with Gasteiger partial charge < -0.3 is 10.4 Å². The summed E-state index contributed by atoms with van der Waals surface area (Å²) in [6.07, 6.45) is 6.62. The summed E-state index contributed by atoms with van der Waals surface area (Å²) in [7, 11) is 0. The lowest BCUT2D eigenvalue weighted by Gasteiger charge is -2.20. The molecule has 1 amide bonds. The van der Waals surface area contributed by atoms with Crippen molar-refractivity contribution in [2.24, 2.45) is 5.92 Å². The molecule has 0 radical (unpaired) electrons. The van der Waals surface area contributed by atoms with E-state index in [1.54, 1.807) is 0 Å². The maximum atomic E-state index is 12.5. The highest BCUT2D eigenvalue weighted by Gasteiger charge is 2.40. The van der Waals surface area contributed by atoms with Crippen LogP contribution in [0.15, 0.2) is 42.0 Å². The molecule has 0 bridgehead atoms. The van der Waals surface area contributed by atoms with Gasteiger partial charge in [-0.05, 0) is 24.5 Å². The van der Waals surface area contributed by atoms with Crippen LogP contribution in [-0.2, 0) is 16.0 Å². The molecule has 4 nitrogen and oxygen atoms in total. The topological polar surface area (TPSA) is 66.4 Å². The first-order valence-corrected chi connectivity index (χ1v) is 7.93. The molecule has 1 fully saturated rings. The molecular weight excluding hydrogens is 278 g/mol. The Morgan fingerprint density at radius 3 is 2.55 bits per heavy atom. The Hall–Kier alpha value is -1.94. The molecule has 116 valence electrons. The predicted octanol–water partition coefficient (Wildman–Crippen LogP) is 2.12. The first-order chi connectivity index (χ1) is 10.6. The van der Waals surface area contributed by atoms with Gasteiger partial charge in [0.15, 0.2) is 11.5 Å². The van der Waals surface area contributed by atoms with Crippen LogP contribution in [0.4, 0.5) is 0 Å². The minimum Gasteiger partial charge on any atom is -0.367 e. The molecule has 1 aliphatic carbocycles. The van der Waals surface area contributed by atoms with Crippen molar-refractivity contribution >= 4 is 11.7 Å². The summed E-state index contributed by atoms with van der Waals surface area (Å²) in [5.74, 6) is -0.625. The molecule has 1 aromatic carbocycles. The Kier molecular flexibility index (Phi) is 4.12. The molecule has 1 atom stereocenters. The highest BCUT2D eigenvalue weighted by molar-refractivity contribution is 6.21. The van der Waals surface area contributed by atoms with E-state index in [0.717, 1.165) is 37.7 Å². The number of hydrogen-bond donors (Lipinski definition) is 2. The molecule has 0 aromatic heterocycles. The molecule has 1 aliphatic heterocycles. The zero-order valence-corrected chi connectivity index (χ0v) is 12.5. The van der Waals surface area contributed by atoms with Gasteiger partial charge in [0.05, 0.1) is 5.57 Å². The highest BCUT2D eigenvalue weighted by Crippen LogP contribution is 2.29. The number of rotatable bonds is 4. The van der Waals surface area contributed by atoms with E-state index in [2.05, 4.69) is 5.32 Å². The highest BCUT2D eigenvalue weighted by atomic mass is 16.3. The summed E-state index contributed by atoms with van der Waals surface area (Å²) >= 11 is 0. The molecular formula is C18H21NO3. The molecule has 4 heteroatoms. The average molecular weight is 299 g/mol. The molecule has 22 heavy (non-hydrogen) atoms. The van der Waals surface area contributed by atoms with E-state index < -0.39 is 11.6 Å². The summed E-state index contributed by atoms with van der Waals surface area (Å²) in [6, 6.07) is 9.44. The Labute approximate surface area is 130 Å². The number of benzene rings is 1. The van der Waals surface area contributed by atoms with Gasteiger partial charge in [-0.2, -0.15) is 0 Å². The van der Waals surface area contributed by atoms with Crippen molar-refractivity contribution in [1.29, 1.82) is 0 Å². The van der Waals surface area contributed by atoms with Gasteiger partial charge >= 0.3 is 0 Å². The average Bonchev–Trinajstić information content (AvgIpc) is 2.83. The van der Waals surface area contributed by atoms with E-state index in [9.17, 15) is 14.7 Å². The first kappa shape index (κ1) is 15.0. The van der Waals surface area contributed by atoms with Crippen LogP contribution in [-0.4, -0.2) is 22.5 Å². The fraction of sp³-hybridized carbons (Fsp3) is 0.444. The van der Waals surface area contributed by atoms with Gasteiger partial charge in [-0.15, -0.1) is 0 Å². The molecule has 2 aliphatic rings. The molecule has 2 N–H and O–H groups in total. The van der Waals surface area contributed by atoms with Gasteiger partial charge in [0, 0.05) is 12.3 Å². The van der Waals surface area contributed by atoms with Crippen LogP contribution in [0, 0.1) is 5.92 Å². The Balaban J connectivity index is 1.76. The molecule has 1 aromatic rings. The molecule has 3 rings (SSSR count). The van der Waals surface area contributed by atoms with Crippen molar-refractivity contribution < 1.29 is 14.7 Å². The van der Waals surface area contributed by atoms with Crippen molar-refractivity contribution in [2.75, 3.05) is 0 Å². The first-order valence-electron chi connectivity index (χ1n) is 7.93. The van der Waals surface area contributed by atoms with E-state index in [4.69, 9.17) is 0 Å². The van der Waals surface area contributed by atoms with Gasteiger partial charge in [-0.3, -0.25) is 9.59 Å². The third kappa shape index (κ3) is 3.12. The maximum Gasteiger partial charge on any atom is 0.257 e. The standard InChI is InChI=1S/C18H21NO3/c20-16(14-9-5-2-6-10-14)15-12-18(22,19-17(15)21)11-13-7-3-1-4-8-13/h1,3-4,7-8,12,14,22H,2,5-6,9-11H2,(H,19,21). The summed E-state index contributed by atoms with van der Waals surface area (Å²) < 4.78 is 0. The van der Waals surface area contributed by atoms with Crippen LogP contribution in [0.5, 0.6) is 0 Å². The van der Waals surface area contributed by atoms with Crippen LogP contribution < -0.4 is 5.32 Å². The lowest BCUT2D eigenvalue weighted by atomic mass is 9.83. The van der Waals surface area contributed by atoms with Crippen LogP contribution in [0.3, 0.4) is 0 Å². The van der Waals surface area contributed by atoms with Crippen LogP contribution >= 0.6 is 0 Å². The zero-order chi connectivity index (χ0) is 15.6. The SMILES string of the molecule is O=C1NC(O)(Cc2ccccc2)C=C1C(=O)C1CCCCC1. The summed E-state index contributed by atoms with van der Waals surface area (Å²) in [5.41, 5.74) is -0.420. The normalized spacial score (nSPS) is 25.7. The van der Waals surface area contributed by atoms with Crippen LogP contribution in [0.1, 0.15) is 37.7 Å². The van der Waals surface area contributed by atoms with E-state index in [1.807, 2.05) is 30.3 Å². The molecule has 0 saturated heterocycles. The largest absolute Gasteiger partial charge is 0.367 e. The van der Waals surface area contributed by atoms with Crippen LogP contribution in [0.25, 0.3) is 0 Å². The number of ketones is 1. The monoisotopic (exact) mass is 299 g/mol. The van der Waals surface area contributed by atoms with E-state index in [0.29, 0.717) is 0 Å². The van der Waals surface area contributed by atoms with Crippen molar-refractivity contribution in [2.45, 2.75) is 44.2 Å². The number of nitrogens with one attached hydrogen (secondary N) is 1. The third-order valence-electron chi connectivity index (χ3n) is 4.52. The van der Waals surface area contributed by atoms with E-state index in [-0.39, 0.29) is 23.7 Å². The van der Waals surface area contributed by atoms with Crippen molar-refractivity contribution in [1.82, 2.24) is 5.32 Å². The Morgan fingerprint density at radius 1 is 1.18 bits per heavy atom. The zero-order valence-electron chi connectivity index (χ0n) is 12.5. The third-order valence-corrected chi connectivity index (χ3v) is 4.52. The van der Waals surface area contributed by atoms with Gasteiger partial charge in [0.2, 0.25) is 0 Å². The van der Waals surface area contributed by atoms with Gasteiger partial charge in [-0.1, -0.05) is 49.6 Å². The van der Waals surface area contributed by atoms with Crippen molar-refractivity contribution in [3.05, 3.63) is 47.5 Å². The number of amides is 1. The second kappa shape index (κ2) is 6.05. The lowest BCUT2D eigenvalue weighted by Crippen LogP contribution is -2.44. The molecule has 1 saturated carbocycles. The fourth-order valence-corrected chi connectivity index (χ4v) is 3.37. The second-order valence-corrected chi connectivity index (χ2v) is 6.30. The fourth-order valence-electron chi connectivity index (χ4n) is 3.37. The summed E-state index contributed by atoms with van der Waals surface area (Å²) in [6.45, 7) is 0. The predicted molar refractivity (Wildman–Crippen MR) is 82.9 cm³/mol. The minimum absolute atomic E-state index is 0.0650. The quantitative estimate of drug-likeness (QED) is 0.837. The number of carbonyl (C=O) groups excluding carboxylic acids is 2. The minimum atomic E-state index is -1.46. The number of carbonyl (C=O) groups is 2. The number of Topliss-reactive ketones (excluding diaryl/α,β-unsaturated/α-hetero) is 1. The Bertz CT molecular complexity index is 602. The lowest BCUT2D eigenvalue weighted by molar-refractivity contribution is -0.125. The summed E-state index contributed by atoms with van der Waals surface area (Å²) in [4.78, 5) is 24.6. The van der Waals surface area contributed by atoms with E-state index in [1.165, 1.54) is 6.08 Å². The smallest absolute Gasteiger partial charge is 0.257 e. The van der Waals surface area contributed by atoms with Gasteiger partial charge in [0.25, 0.3) is 5.91 Å². The van der Waals surface area contributed by atoms with E-state index >= 15 is 0 Å².